The number of hydrogen-bond donors (Lipinski definition) is 0. The normalized spacial score (nSPS) is 15.1. The van der Waals surface area contributed by atoms with Crippen molar-refractivity contribution in [1.82, 2.24) is 0 Å². The van der Waals surface area contributed by atoms with Gasteiger partial charge in [-0.25, -0.2) is 0 Å². The highest BCUT2D eigenvalue weighted by molar-refractivity contribution is 6.31. The number of carbonyl (C=O) groups is 1. The molecule has 0 atom stereocenters. The SMILES string of the molecule is O=C1/C(=C/c2cccc3ccccc23)Oc2ccc(Cl)cc21. The lowest BCUT2D eigenvalue weighted by Gasteiger charge is -2.03. The zero-order chi connectivity index (χ0) is 15.1. The number of Topliss-reactive ketones (excluding diaryl/α,β-unsaturated/α-hetero) is 1. The Morgan fingerprint density at radius 2 is 1.77 bits per heavy atom. The number of hydrogen-bond acceptors (Lipinski definition) is 2. The van der Waals surface area contributed by atoms with E-state index in [0.717, 1.165) is 16.3 Å². The molecule has 0 saturated heterocycles. The van der Waals surface area contributed by atoms with Gasteiger partial charge in [-0.3, -0.25) is 4.79 Å². The van der Waals surface area contributed by atoms with E-state index in [4.69, 9.17) is 16.3 Å². The van der Waals surface area contributed by atoms with Gasteiger partial charge in [0.2, 0.25) is 5.78 Å². The monoisotopic (exact) mass is 306 g/mol. The van der Waals surface area contributed by atoms with Crippen molar-refractivity contribution in [3.05, 3.63) is 82.6 Å². The number of allylic oxidation sites excluding steroid dienone is 1. The standard InChI is InChI=1S/C19H11ClO2/c20-14-8-9-17-16(11-14)19(21)18(22-17)10-13-6-3-5-12-4-1-2-7-15(12)13/h1-11H/b18-10-. The molecule has 4 rings (SSSR count). The van der Waals surface area contributed by atoms with E-state index in [9.17, 15) is 4.79 Å². The van der Waals surface area contributed by atoms with Gasteiger partial charge in [-0.1, -0.05) is 54.1 Å². The third-order valence-electron chi connectivity index (χ3n) is 3.74. The zero-order valence-corrected chi connectivity index (χ0v) is 12.3. The Morgan fingerprint density at radius 3 is 2.68 bits per heavy atom. The van der Waals surface area contributed by atoms with Crippen molar-refractivity contribution in [3.8, 4) is 5.75 Å². The molecular weight excluding hydrogens is 296 g/mol. The van der Waals surface area contributed by atoms with Crippen LogP contribution in [0.5, 0.6) is 5.75 Å². The van der Waals surface area contributed by atoms with Crippen molar-refractivity contribution < 1.29 is 9.53 Å². The molecule has 22 heavy (non-hydrogen) atoms. The molecule has 0 radical (unpaired) electrons. The second kappa shape index (κ2) is 5.00. The lowest BCUT2D eigenvalue weighted by molar-refractivity contribution is 0.101. The number of benzene rings is 3. The van der Waals surface area contributed by atoms with Gasteiger partial charge in [-0.15, -0.1) is 0 Å². The van der Waals surface area contributed by atoms with Crippen LogP contribution in [0.4, 0.5) is 0 Å². The van der Waals surface area contributed by atoms with Crippen molar-refractivity contribution in [3.63, 3.8) is 0 Å². The second-order valence-electron chi connectivity index (χ2n) is 5.15. The molecule has 2 nitrogen and oxygen atoms in total. The molecule has 3 heteroatoms. The fourth-order valence-electron chi connectivity index (χ4n) is 2.68. The first kappa shape index (κ1) is 13.1. The summed E-state index contributed by atoms with van der Waals surface area (Å²) in [7, 11) is 0. The van der Waals surface area contributed by atoms with Crippen LogP contribution in [0.15, 0.2) is 66.4 Å². The molecule has 1 aliphatic rings. The zero-order valence-electron chi connectivity index (χ0n) is 11.5. The number of halogens is 1. The summed E-state index contributed by atoms with van der Waals surface area (Å²) in [5, 5.41) is 2.74. The molecule has 3 aromatic rings. The Kier molecular flexibility index (Phi) is 2.98. The summed E-state index contributed by atoms with van der Waals surface area (Å²) < 4.78 is 5.68. The van der Waals surface area contributed by atoms with Crippen LogP contribution in [0, 0.1) is 0 Å². The van der Waals surface area contributed by atoms with Gasteiger partial charge in [0.25, 0.3) is 0 Å². The summed E-state index contributed by atoms with van der Waals surface area (Å²) in [5.41, 5.74) is 1.47. The summed E-state index contributed by atoms with van der Waals surface area (Å²) in [6, 6.07) is 19.1. The van der Waals surface area contributed by atoms with Gasteiger partial charge in [0, 0.05) is 5.02 Å². The highest BCUT2D eigenvalue weighted by atomic mass is 35.5. The summed E-state index contributed by atoms with van der Waals surface area (Å²) in [6.45, 7) is 0. The van der Waals surface area contributed by atoms with Crippen molar-refractivity contribution in [2.75, 3.05) is 0 Å². The quantitative estimate of drug-likeness (QED) is 0.584. The van der Waals surface area contributed by atoms with Crippen LogP contribution >= 0.6 is 11.6 Å². The molecule has 0 saturated carbocycles. The van der Waals surface area contributed by atoms with Gasteiger partial charge in [-0.05, 0) is 40.6 Å². The van der Waals surface area contributed by atoms with Crippen molar-refractivity contribution in [2.24, 2.45) is 0 Å². The topological polar surface area (TPSA) is 26.3 Å². The van der Waals surface area contributed by atoms with Crippen LogP contribution in [-0.2, 0) is 0 Å². The largest absolute Gasteiger partial charge is 0.452 e. The van der Waals surface area contributed by atoms with Gasteiger partial charge >= 0.3 is 0 Å². The maximum absolute atomic E-state index is 12.4. The second-order valence-corrected chi connectivity index (χ2v) is 5.59. The molecular formula is C19H11ClO2. The average molecular weight is 307 g/mol. The Morgan fingerprint density at radius 1 is 0.955 bits per heavy atom. The minimum atomic E-state index is -0.134. The minimum Gasteiger partial charge on any atom is -0.452 e. The van der Waals surface area contributed by atoms with E-state index in [1.165, 1.54) is 0 Å². The Balaban J connectivity index is 1.83. The van der Waals surface area contributed by atoms with E-state index >= 15 is 0 Å². The number of fused-ring (bicyclic) bond motifs is 2. The molecule has 106 valence electrons. The van der Waals surface area contributed by atoms with Gasteiger partial charge in [0.15, 0.2) is 5.76 Å². The van der Waals surface area contributed by atoms with Crippen molar-refractivity contribution in [2.45, 2.75) is 0 Å². The Labute approximate surface area is 132 Å². The van der Waals surface area contributed by atoms with E-state index in [2.05, 4.69) is 0 Å². The molecule has 0 aliphatic carbocycles. The van der Waals surface area contributed by atoms with Crippen LogP contribution in [0.3, 0.4) is 0 Å². The van der Waals surface area contributed by atoms with Crippen LogP contribution in [0.1, 0.15) is 15.9 Å². The van der Waals surface area contributed by atoms with Crippen molar-refractivity contribution >= 4 is 34.2 Å². The number of ether oxygens (including phenoxy) is 1. The minimum absolute atomic E-state index is 0.134. The highest BCUT2D eigenvalue weighted by Crippen LogP contribution is 2.34. The lowest BCUT2D eigenvalue weighted by Crippen LogP contribution is -1.98. The molecule has 0 aromatic heterocycles. The first-order chi connectivity index (χ1) is 10.7. The molecule has 3 aromatic carbocycles. The average Bonchev–Trinajstić information content (AvgIpc) is 2.84. The van der Waals surface area contributed by atoms with Gasteiger partial charge in [-0.2, -0.15) is 0 Å². The molecule has 0 amide bonds. The van der Waals surface area contributed by atoms with E-state index in [1.54, 1.807) is 24.3 Å². The first-order valence-electron chi connectivity index (χ1n) is 6.94. The van der Waals surface area contributed by atoms with Gasteiger partial charge < -0.3 is 4.74 Å². The highest BCUT2D eigenvalue weighted by Gasteiger charge is 2.27. The maximum atomic E-state index is 12.4. The summed E-state index contributed by atoms with van der Waals surface area (Å²) in [5.74, 6) is 0.750. The van der Waals surface area contributed by atoms with Crippen LogP contribution in [0.2, 0.25) is 5.02 Å². The number of carbonyl (C=O) groups excluding carboxylic acids is 1. The van der Waals surface area contributed by atoms with Gasteiger partial charge in [0.1, 0.15) is 5.75 Å². The van der Waals surface area contributed by atoms with Crippen LogP contribution < -0.4 is 4.74 Å². The maximum Gasteiger partial charge on any atom is 0.232 e. The fourth-order valence-corrected chi connectivity index (χ4v) is 2.85. The van der Waals surface area contributed by atoms with E-state index in [1.807, 2.05) is 42.5 Å². The van der Waals surface area contributed by atoms with Crippen LogP contribution in [-0.4, -0.2) is 5.78 Å². The Bertz CT molecular complexity index is 936. The third kappa shape index (κ3) is 2.09. The van der Waals surface area contributed by atoms with E-state index < -0.39 is 0 Å². The molecule has 0 fully saturated rings. The number of ketones is 1. The smallest absolute Gasteiger partial charge is 0.232 e. The lowest BCUT2D eigenvalue weighted by atomic mass is 10.0. The van der Waals surface area contributed by atoms with Crippen LogP contribution in [0.25, 0.3) is 16.8 Å². The molecule has 0 spiro atoms. The molecule has 0 unspecified atom stereocenters. The summed E-state index contributed by atoms with van der Waals surface area (Å²) >= 11 is 5.95. The molecule has 0 N–H and O–H groups in total. The number of rotatable bonds is 1. The molecule has 1 heterocycles. The first-order valence-corrected chi connectivity index (χ1v) is 7.32. The summed E-state index contributed by atoms with van der Waals surface area (Å²) in [6.07, 6.45) is 1.79. The predicted molar refractivity (Wildman–Crippen MR) is 88.3 cm³/mol. The molecule has 0 bridgehead atoms. The predicted octanol–water partition coefficient (Wildman–Crippen LogP) is 5.11. The summed E-state index contributed by atoms with van der Waals surface area (Å²) in [4.78, 5) is 12.4. The fraction of sp³-hybridized carbons (Fsp3) is 0. The van der Waals surface area contributed by atoms with E-state index in [0.29, 0.717) is 22.1 Å². The Hall–Kier alpha value is -2.58. The molecule has 1 aliphatic heterocycles. The van der Waals surface area contributed by atoms with Gasteiger partial charge in [0.05, 0.1) is 5.56 Å². The third-order valence-corrected chi connectivity index (χ3v) is 3.97. The van der Waals surface area contributed by atoms with E-state index in [-0.39, 0.29) is 5.78 Å². The van der Waals surface area contributed by atoms with Crippen molar-refractivity contribution in [1.29, 1.82) is 0 Å².